The number of hydrogen-bond donors (Lipinski definition) is 0. The summed E-state index contributed by atoms with van der Waals surface area (Å²) >= 11 is 0. The molecule has 0 aromatic heterocycles. The largest absolute Gasteiger partial charge is 0.465 e. The molecule has 0 saturated heterocycles. The van der Waals surface area contributed by atoms with Gasteiger partial charge in [-0.15, -0.1) is 0 Å². The summed E-state index contributed by atoms with van der Waals surface area (Å²) in [4.78, 5) is 37.1. The number of methoxy groups -OCH3 is 1. The third-order valence-corrected chi connectivity index (χ3v) is 2.45. The van der Waals surface area contributed by atoms with E-state index in [0.29, 0.717) is 0 Å². The van der Waals surface area contributed by atoms with Crippen molar-refractivity contribution in [2.75, 3.05) is 13.7 Å². The summed E-state index contributed by atoms with van der Waals surface area (Å²) in [5, 5.41) is 11.0. The summed E-state index contributed by atoms with van der Waals surface area (Å²) in [6.45, 7) is 3.16. The van der Waals surface area contributed by atoms with Gasteiger partial charge in [0.25, 0.3) is 5.69 Å². The maximum absolute atomic E-state index is 11.5. The van der Waals surface area contributed by atoms with Crippen LogP contribution in [-0.4, -0.2) is 36.3 Å². The van der Waals surface area contributed by atoms with E-state index >= 15 is 0 Å². The number of rotatable bonds is 5. The van der Waals surface area contributed by atoms with Crippen molar-refractivity contribution in [3.8, 4) is 0 Å². The molecule has 1 rings (SSSR count). The van der Waals surface area contributed by atoms with Gasteiger partial charge in [0.15, 0.2) is 0 Å². The Balaban J connectivity index is 3.30. The second-order valence-electron chi connectivity index (χ2n) is 3.87. The minimum atomic E-state index is -0.685. The zero-order valence-corrected chi connectivity index (χ0v) is 11.8. The molecule has 0 radical (unpaired) electrons. The third-order valence-electron chi connectivity index (χ3n) is 2.45. The molecule has 0 heterocycles. The molecule has 0 spiro atoms. The predicted octanol–water partition coefficient (Wildman–Crippen LogP) is 2.04. The van der Waals surface area contributed by atoms with Gasteiger partial charge in [-0.05, 0) is 26.0 Å². The number of hydrogen-bond acceptors (Lipinski definition) is 7. The molecule has 0 aliphatic rings. The number of esters is 2. The smallest absolute Gasteiger partial charge is 0.352 e. The van der Waals surface area contributed by atoms with Gasteiger partial charge in [0.2, 0.25) is 0 Å². The van der Waals surface area contributed by atoms with Crippen molar-refractivity contribution in [1.29, 1.82) is 0 Å². The normalized spacial score (nSPS) is 10.9. The van der Waals surface area contributed by atoms with Gasteiger partial charge >= 0.3 is 11.9 Å². The first-order valence-electron chi connectivity index (χ1n) is 5.99. The fraction of sp³-hybridized carbons (Fsp3) is 0.308. The zero-order chi connectivity index (χ0) is 16.0. The Bertz CT molecular complexity index is 609. The highest BCUT2D eigenvalue weighted by molar-refractivity contribution is 6.36. The Hall–Kier alpha value is -2.77. The van der Waals surface area contributed by atoms with E-state index in [1.807, 2.05) is 0 Å². The highest BCUT2D eigenvalue weighted by Crippen LogP contribution is 2.29. The van der Waals surface area contributed by atoms with E-state index in [1.165, 1.54) is 26.2 Å². The first-order valence-corrected chi connectivity index (χ1v) is 5.99. The number of benzene rings is 1. The molecule has 21 heavy (non-hydrogen) atoms. The Labute approximate surface area is 120 Å². The van der Waals surface area contributed by atoms with Crippen molar-refractivity contribution in [1.82, 2.24) is 0 Å². The van der Waals surface area contributed by atoms with Crippen molar-refractivity contribution in [3.63, 3.8) is 0 Å². The number of carbonyl (C=O) groups excluding carboxylic acids is 2. The molecule has 0 atom stereocenters. The van der Waals surface area contributed by atoms with Crippen LogP contribution in [0.3, 0.4) is 0 Å². The highest BCUT2D eigenvalue weighted by Gasteiger charge is 2.18. The molecule has 0 aliphatic heterocycles. The van der Waals surface area contributed by atoms with Crippen LogP contribution in [0.15, 0.2) is 23.2 Å². The van der Waals surface area contributed by atoms with E-state index < -0.39 is 16.9 Å². The Morgan fingerprint density at radius 2 is 2.05 bits per heavy atom. The minimum Gasteiger partial charge on any atom is -0.465 e. The SMILES string of the molecule is CCOC(=O)C(C)=Nc1cc(C(=O)OC)ccc1[N+](=O)[O-]. The monoisotopic (exact) mass is 294 g/mol. The van der Waals surface area contributed by atoms with Crippen LogP contribution >= 0.6 is 0 Å². The van der Waals surface area contributed by atoms with Crippen LogP contribution in [-0.2, 0) is 14.3 Å². The summed E-state index contributed by atoms with van der Waals surface area (Å²) in [5.74, 6) is -1.34. The minimum absolute atomic E-state index is 0.0537. The van der Waals surface area contributed by atoms with E-state index in [9.17, 15) is 19.7 Å². The lowest BCUT2D eigenvalue weighted by Gasteiger charge is -2.04. The van der Waals surface area contributed by atoms with Crippen molar-refractivity contribution in [2.24, 2.45) is 4.99 Å². The molecular weight excluding hydrogens is 280 g/mol. The quantitative estimate of drug-likeness (QED) is 0.356. The van der Waals surface area contributed by atoms with Crippen molar-refractivity contribution in [3.05, 3.63) is 33.9 Å². The van der Waals surface area contributed by atoms with E-state index in [-0.39, 0.29) is 29.3 Å². The Kier molecular flexibility index (Phi) is 5.53. The summed E-state index contributed by atoms with van der Waals surface area (Å²) in [7, 11) is 1.19. The fourth-order valence-electron chi connectivity index (χ4n) is 1.47. The Morgan fingerprint density at radius 3 is 2.57 bits per heavy atom. The van der Waals surface area contributed by atoms with Crippen molar-refractivity contribution in [2.45, 2.75) is 13.8 Å². The number of ether oxygens (including phenoxy) is 2. The molecule has 8 nitrogen and oxygen atoms in total. The molecule has 112 valence electrons. The molecule has 0 aliphatic carbocycles. The molecule has 0 fully saturated rings. The second-order valence-corrected chi connectivity index (χ2v) is 3.87. The van der Waals surface area contributed by atoms with Gasteiger partial charge in [-0.3, -0.25) is 10.1 Å². The van der Waals surface area contributed by atoms with Gasteiger partial charge in [0.05, 0.1) is 24.2 Å². The van der Waals surface area contributed by atoms with Crippen molar-refractivity contribution < 1.29 is 24.0 Å². The number of aliphatic imine (C=N–C) groups is 1. The summed E-state index contributed by atoms with van der Waals surface area (Å²) in [6, 6.07) is 3.57. The van der Waals surface area contributed by atoms with Crippen LogP contribution in [0.4, 0.5) is 11.4 Å². The Morgan fingerprint density at radius 1 is 1.38 bits per heavy atom. The van der Waals surface area contributed by atoms with Gasteiger partial charge in [-0.1, -0.05) is 0 Å². The van der Waals surface area contributed by atoms with E-state index in [2.05, 4.69) is 9.73 Å². The van der Waals surface area contributed by atoms with Gasteiger partial charge in [-0.2, -0.15) is 0 Å². The summed E-state index contributed by atoms with van der Waals surface area (Å²) in [5.41, 5.74) is -0.403. The second kappa shape index (κ2) is 7.13. The molecule has 0 bridgehead atoms. The molecule has 0 saturated carbocycles. The van der Waals surface area contributed by atoms with Crippen LogP contribution in [0.25, 0.3) is 0 Å². The first-order chi connectivity index (χ1) is 9.90. The van der Waals surface area contributed by atoms with Gasteiger partial charge in [-0.25, -0.2) is 14.6 Å². The van der Waals surface area contributed by atoms with Gasteiger partial charge in [0, 0.05) is 6.07 Å². The van der Waals surface area contributed by atoms with Gasteiger partial charge in [0.1, 0.15) is 11.4 Å². The predicted molar refractivity (Wildman–Crippen MR) is 73.8 cm³/mol. The third kappa shape index (κ3) is 4.10. The van der Waals surface area contributed by atoms with Crippen LogP contribution in [0.1, 0.15) is 24.2 Å². The number of nitro groups is 1. The number of nitrogens with zero attached hydrogens (tertiary/aromatic N) is 2. The topological polar surface area (TPSA) is 108 Å². The molecule has 0 N–H and O–H groups in total. The van der Waals surface area contributed by atoms with Crippen LogP contribution in [0.5, 0.6) is 0 Å². The summed E-state index contributed by atoms with van der Waals surface area (Å²) < 4.78 is 9.28. The van der Waals surface area contributed by atoms with E-state index in [4.69, 9.17) is 4.74 Å². The van der Waals surface area contributed by atoms with Crippen LogP contribution < -0.4 is 0 Å². The molecule has 0 amide bonds. The fourth-order valence-corrected chi connectivity index (χ4v) is 1.47. The van der Waals surface area contributed by atoms with E-state index in [0.717, 1.165) is 6.07 Å². The molecule has 0 unspecified atom stereocenters. The lowest BCUT2D eigenvalue weighted by atomic mass is 10.1. The molecule has 8 heteroatoms. The average Bonchev–Trinajstić information content (AvgIpc) is 2.46. The number of nitro benzene ring substituents is 1. The summed E-state index contributed by atoms with van der Waals surface area (Å²) in [6.07, 6.45) is 0. The van der Waals surface area contributed by atoms with Crippen LogP contribution in [0.2, 0.25) is 0 Å². The first kappa shape index (κ1) is 16.3. The maximum atomic E-state index is 11.5. The molecular formula is C13H14N2O6. The lowest BCUT2D eigenvalue weighted by Crippen LogP contribution is -2.13. The molecule has 1 aromatic rings. The number of carbonyl (C=O) groups is 2. The van der Waals surface area contributed by atoms with Crippen molar-refractivity contribution >= 4 is 29.0 Å². The van der Waals surface area contributed by atoms with Gasteiger partial charge < -0.3 is 9.47 Å². The standard InChI is InChI=1S/C13H14N2O6/c1-4-21-12(16)8(2)14-10-7-9(13(17)20-3)5-6-11(10)15(18)19/h5-7H,4H2,1-3H3. The maximum Gasteiger partial charge on any atom is 0.352 e. The highest BCUT2D eigenvalue weighted by atomic mass is 16.6. The zero-order valence-electron chi connectivity index (χ0n) is 11.8. The van der Waals surface area contributed by atoms with Crippen LogP contribution in [0, 0.1) is 10.1 Å². The lowest BCUT2D eigenvalue weighted by molar-refractivity contribution is -0.384. The average molecular weight is 294 g/mol. The van der Waals surface area contributed by atoms with E-state index in [1.54, 1.807) is 6.92 Å². The molecule has 1 aromatic carbocycles.